The van der Waals surface area contributed by atoms with E-state index in [1.807, 2.05) is 43.3 Å². The molecule has 0 aliphatic rings. The lowest BCUT2D eigenvalue weighted by Crippen LogP contribution is -2.14. The number of carbonyl (C=O) groups is 1. The molecule has 4 nitrogen and oxygen atoms in total. The fraction of sp³-hybridized carbons (Fsp3) is 0.133. The first-order chi connectivity index (χ1) is 9.47. The summed E-state index contributed by atoms with van der Waals surface area (Å²) in [7, 11) is 3.92. The van der Waals surface area contributed by atoms with Crippen LogP contribution >= 0.6 is 11.6 Å². The molecule has 0 fully saturated rings. The highest BCUT2D eigenvalue weighted by atomic mass is 35.5. The van der Waals surface area contributed by atoms with E-state index < -0.39 is 0 Å². The second-order valence-corrected chi connectivity index (χ2v) is 5.06. The van der Waals surface area contributed by atoms with Crippen molar-refractivity contribution in [2.75, 3.05) is 30.0 Å². The van der Waals surface area contributed by atoms with Crippen LogP contribution in [0.1, 0.15) is 10.4 Å². The monoisotopic (exact) mass is 289 g/mol. The Morgan fingerprint density at radius 1 is 1.15 bits per heavy atom. The summed E-state index contributed by atoms with van der Waals surface area (Å²) in [5.41, 5.74) is 8.34. The van der Waals surface area contributed by atoms with Gasteiger partial charge in [0, 0.05) is 36.2 Å². The first kappa shape index (κ1) is 14.2. The number of hydrogen-bond acceptors (Lipinski definition) is 3. The third kappa shape index (κ3) is 3.22. The van der Waals surface area contributed by atoms with Gasteiger partial charge in [0.2, 0.25) is 0 Å². The molecule has 0 atom stereocenters. The van der Waals surface area contributed by atoms with Gasteiger partial charge >= 0.3 is 0 Å². The van der Waals surface area contributed by atoms with Crippen LogP contribution < -0.4 is 16.0 Å². The van der Waals surface area contributed by atoms with Crippen molar-refractivity contribution < 1.29 is 4.79 Å². The van der Waals surface area contributed by atoms with Gasteiger partial charge in [-0.1, -0.05) is 11.6 Å². The van der Waals surface area contributed by atoms with Gasteiger partial charge in [0.25, 0.3) is 5.91 Å². The summed E-state index contributed by atoms with van der Waals surface area (Å²) in [5.74, 6) is -0.253. The Kier molecular flexibility index (Phi) is 4.15. The minimum Gasteiger partial charge on any atom is -0.398 e. The average molecular weight is 290 g/mol. The lowest BCUT2D eigenvalue weighted by atomic mass is 10.1. The molecule has 104 valence electrons. The van der Waals surface area contributed by atoms with Crippen molar-refractivity contribution in [3.05, 3.63) is 53.1 Å². The maximum atomic E-state index is 12.1. The fourth-order valence-corrected chi connectivity index (χ4v) is 1.96. The standard InChI is InChI=1S/C15H16ClN3O/c1-19(2)12-6-4-11(5-7-12)18-15(20)13-8-3-10(16)9-14(13)17/h3-9H,17H2,1-2H3,(H,18,20). The number of nitrogen functional groups attached to an aromatic ring is 1. The number of benzene rings is 2. The predicted octanol–water partition coefficient (Wildman–Crippen LogP) is 3.24. The van der Waals surface area contributed by atoms with Crippen LogP contribution in [0, 0.1) is 0 Å². The highest BCUT2D eigenvalue weighted by molar-refractivity contribution is 6.31. The Morgan fingerprint density at radius 3 is 2.35 bits per heavy atom. The van der Waals surface area contributed by atoms with E-state index in [2.05, 4.69) is 5.32 Å². The van der Waals surface area contributed by atoms with Crippen molar-refractivity contribution in [1.29, 1.82) is 0 Å². The Hall–Kier alpha value is -2.20. The van der Waals surface area contributed by atoms with Crippen molar-refractivity contribution in [3.8, 4) is 0 Å². The van der Waals surface area contributed by atoms with Crippen molar-refractivity contribution in [2.45, 2.75) is 0 Å². The summed E-state index contributed by atoms with van der Waals surface area (Å²) in [6.07, 6.45) is 0. The molecule has 2 rings (SSSR count). The van der Waals surface area contributed by atoms with Crippen LogP contribution in [0.3, 0.4) is 0 Å². The zero-order chi connectivity index (χ0) is 14.7. The van der Waals surface area contributed by atoms with Gasteiger partial charge < -0.3 is 16.0 Å². The van der Waals surface area contributed by atoms with E-state index in [1.54, 1.807) is 18.2 Å². The number of amides is 1. The van der Waals surface area contributed by atoms with Crippen LogP contribution in [-0.2, 0) is 0 Å². The van der Waals surface area contributed by atoms with E-state index >= 15 is 0 Å². The third-order valence-electron chi connectivity index (χ3n) is 2.90. The molecule has 1 amide bonds. The normalized spacial score (nSPS) is 10.2. The molecule has 2 aromatic carbocycles. The van der Waals surface area contributed by atoms with Crippen molar-refractivity contribution in [2.24, 2.45) is 0 Å². The number of nitrogens with one attached hydrogen (secondary N) is 1. The molecule has 0 aliphatic carbocycles. The predicted molar refractivity (Wildman–Crippen MR) is 84.6 cm³/mol. The number of hydrogen-bond donors (Lipinski definition) is 2. The van der Waals surface area contributed by atoms with Crippen LogP contribution in [0.4, 0.5) is 17.1 Å². The van der Waals surface area contributed by atoms with Gasteiger partial charge in [0.15, 0.2) is 0 Å². The van der Waals surface area contributed by atoms with Crippen LogP contribution in [0.15, 0.2) is 42.5 Å². The molecule has 0 bridgehead atoms. The van der Waals surface area contributed by atoms with E-state index in [4.69, 9.17) is 17.3 Å². The number of anilines is 3. The van der Waals surface area contributed by atoms with Gasteiger partial charge in [0.1, 0.15) is 0 Å². The van der Waals surface area contributed by atoms with Crippen LogP contribution in [0.2, 0.25) is 5.02 Å². The molecule has 0 heterocycles. The molecule has 2 aromatic rings. The van der Waals surface area contributed by atoms with Crippen molar-refractivity contribution in [3.63, 3.8) is 0 Å². The molecule has 0 saturated carbocycles. The Morgan fingerprint density at radius 2 is 1.80 bits per heavy atom. The number of nitrogens with zero attached hydrogens (tertiary/aromatic N) is 1. The number of rotatable bonds is 3. The highest BCUT2D eigenvalue weighted by Crippen LogP contribution is 2.20. The van der Waals surface area contributed by atoms with Gasteiger partial charge in [-0.2, -0.15) is 0 Å². The third-order valence-corrected chi connectivity index (χ3v) is 3.13. The largest absolute Gasteiger partial charge is 0.398 e. The van der Waals surface area contributed by atoms with Crippen LogP contribution in [0.25, 0.3) is 0 Å². The smallest absolute Gasteiger partial charge is 0.257 e. The summed E-state index contributed by atoms with van der Waals surface area (Å²) in [6, 6.07) is 12.4. The summed E-state index contributed by atoms with van der Waals surface area (Å²) >= 11 is 5.81. The number of nitrogens with two attached hydrogens (primary N) is 1. The average Bonchev–Trinajstić information content (AvgIpc) is 2.39. The highest BCUT2D eigenvalue weighted by Gasteiger charge is 2.10. The zero-order valence-electron chi connectivity index (χ0n) is 11.4. The first-order valence-electron chi connectivity index (χ1n) is 6.11. The maximum Gasteiger partial charge on any atom is 0.257 e. The molecular formula is C15H16ClN3O. The van der Waals surface area contributed by atoms with Gasteiger partial charge in [0.05, 0.1) is 5.56 Å². The van der Waals surface area contributed by atoms with E-state index in [9.17, 15) is 4.79 Å². The summed E-state index contributed by atoms with van der Waals surface area (Å²) < 4.78 is 0. The second kappa shape index (κ2) is 5.84. The van der Waals surface area contributed by atoms with Gasteiger partial charge in [-0.15, -0.1) is 0 Å². The second-order valence-electron chi connectivity index (χ2n) is 4.63. The Bertz CT molecular complexity index is 624. The molecule has 0 saturated heterocycles. The van der Waals surface area contributed by atoms with E-state index in [0.717, 1.165) is 11.4 Å². The molecule has 0 aromatic heterocycles. The minimum atomic E-state index is -0.253. The van der Waals surface area contributed by atoms with Crippen LogP contribution in [-0.4, -0.2) is 20.0 Å². The summed E-state index contributed by atoms with van der Waals surface area (Å²) in [6.45, 7) is 0. The van der Waals surface area contributed by atoms with Crippen LogP contribution in [0.5, 0.6) is 0 Å². The lowest BCUT2D eigenvalue weighted by Gasteiger charge is -2.13. The molecule has 0 unspecified atom stereocenters. The van der Waals surface area contributed by atoms with Gasteiger partial charge in [-0.3, -0.25) is 4.79 Å². The maximum absolute atomic E-state index is 12.1. The fourth-order valence-electron chi connectivity index (χ4n) is 1.78. The molecule has 0 spiro atoms. The van der Waals surface area contributed by atoms with Gasteiger partial charge in [-0.25, -0.2) is 0 Å². The number of carbonyl (C=O) groups excluding carboxylic acids is 1. The molecule has 3 N–H and O–H groups in total. The van der Waals surface area contributed by atoms with E-state index in [0.29, 0.717) is 16.3 Å². The first-order valence-corrected chi connectivity index (χ1v) is 6.49. The Balaban J connectivity index is 2.15. The van der Waals surface area contributed by atoms with Crippen molar-refractivity contribution in [1.82, 2.24) is 0 Å². The Labute approximate surface area is 123 Å². The SMILES string of the molecule is CN(C)c1ccc(NC(=O)c2ccc(Cl)cc2N)cc1. The van der Waals surface area contributed by atoms with Gasteiger partial charge in [-0.05, 0) is 42.5 Å². The quantitative estimate of drug-likeness (QED) is 0.853. The molecule has 0 aliphatic heterocycles. The van der Waals surface area contributed by atoms with Crippen molar-refractivity contribution >= 4 is 34.6 Å². The topological polar surface area (TPSA) is 58.4 Å². The lowest BCUT2D eigenvalue weighted by molar-refractivity contribution is 0.102. The minimum absolute atomic E-state index is 0.253. The summed E-state index contributed by atoms with van der Waals surface area (Å²) in [5, 5.41) is 3.31. The molecule has 20 heavy (non-hydrogen) atoms. The number of halogens is 1. The molecule has 0 radical (unpaired) electrons. The summed E-state index contributed by atoms with van der Waals surface area (Å²) in [4.78, 5) is 14.1. The molecule has 5 heteroatoms. The molecular weight excluding hydrogens is 274 g/mol. The van der Waals surface area contributed by atoms with E-state index in [-0.39, 0.29) is 5.91 Å². The van der Waals surface area contributed by atoms with E-state index in [1.165, 1.54) is 0 Å². The zero-order valence-corrected chi connectivity index (χ0v) is 12.1.